The van der Waals surface area contributed by atoms with Crippen molar-refractivity contribution in [3.8, 4) is 0 Å². The molecule has 2 rings (SSSR count). The van der Waals surface area contributed by atoms with Crippen molar-refractivity contribution in [1.82, 2.24) is 0 Å². The summed E-state index contributed by atoms with van der Waals surface area (Å²) in [6, 6.07) is 8.82. The van der Waals surface area contributed by atoms with E-state index in [1.807, 2.05) is 0 Å². The lowest BCUT2D eigenvalue weighted by atomic mass is 10.3. The topological polar surface area (TPSA) is 46.2 Å². The highest BCUT2D eigenvalue weighted by molar-refractivity contribution is 9.11. The number of benzene rings is 2. The molecule has 0 unspecified atom stereocenters. The zero-order chi connectivity index (χ0) is 14.9. The van der Waals surface area contributed by atoms with Crippen LogP contribution in [0.5, 0.6) is 0 Å². The van der Waals surface area contributed by atoms with Crippen LogP contribution in [0.1, 0.15) is 0 Å². The van der Waals surface area contributed by atoms with Gasteiger partial charge in [0.15, 0.2) is 0 Å². The summed E-state index contributed by atoms with van der Waals surface area (Å²) < 4.78 is 42.0. The number of sulfonamides is 1. The molecule has 0 saturated heterocycles. The number of hydrogen-bond acceptors (Lipinski definition) is 2. The highest BCUT2D eigenvalue weighted by Gasteiger charge is 2.19. The molecule has 8 heteroatoms. The Morgan fingerprint density at radius 2 is 1.55 bits per heavy atom. The van der Waals surface area contributed by atoms with Crippen LogP contribution in [-0.2, 0) is 10.0 Å². The van der Waals surface area contributed by atoms with Crippen molar-refractivity contribution in [2.45, 2.75) is 4.90 Å². The first-order valence-electron chi connectivity index (χ1n) is 5.22. The molecule has 0 saturated carbocycles. The minimum absolute atomic E-state index is 0.0224. The van der Waals surface area contributed by atoms with Crippen LogP contribution in [0.2, 0.25) is 0 Å². The molecule has 3 nitrogen and oxygen atoms in total. The van der Waals surface area contributed by atoms with Gasteiger partial charge in [0, 0.05) is 13.4 Å². The lowest BCUT2D eigenvalue weighted by Crippen LogP contribution is -2.14. The Hall–Kier alpha value is -0.440. The lowest BCUT2D eigenvalue weighted by Gasteiger charge is -2.11. The van der Waals surface area contributed by atoms with Gasteiger partial charge in [0.25, 0.3) is 10.0 Å². The van der Waals surface area contributed by atoms with Crippen molar-refractivity contribution >= 4 is 63.5 Å². The number of halogens is 4. The number of nitrogens with one attached hydrogen (secondary N) is 1. The highest BCUT2D eigenvalue weighted by atomic mass is 79.9. The predicted molar refractivity (Wildman–Crippen MR) is 86.8 cm³/mol. The van der Waals surface area contributed by atoms with Gasteiger partial charge in [0.2, 0.25) is 0 Å². The second kappa shape index (κ2) is 6.13. The van der Waals surface area contributed by atoms with Crippen LogP contribution >= 0.6 is 47.8 Å². The smallest absolute Gasteiger partial charge is 0.263 e. The predicted octanol–water partition coefficient (Wildman–Crippen LogP) is 4.91. The second-order valence-corrected chi connectivity index (χ2v) is 8.14. The van der Waals surface area contributed by atoms with Gasteiger partial charge in [0.1, 0.15) is 10.7 Å². The maximum atomic E-state index is 13.7. The Balaban J connectivity index is 2.43. The number of anilines is 1. The standard InChI is InChI=1S/C12H7Br3FNO2S/c13-7-2-4-11(10(16)5-7)17-20(18,19)12-6-8(14)1-3-9(12)15/h1-6,17H. The summed E-state index contributed by atoms with van der Waals surface area (Å²) in [5.41, 5.74) is -0.111. The molecule has 0 aliphatic heterocycles. The maximum Gasteiger partial charge on any atom is 0.263 e. The molecule has 1 N–H and O–H groups in total. The molecular weight excluding hydrogens is 481 g/mol. The van der Waals surface area contributed by atoms with Crippen LogP contribution < -0.4 is 4.72 Å². The quantitative estimate of drug-likeness (QED) is 0.668. The Bertz CT molecular complexity index is 765. The van der Waals surface area contributed by atoms with Gasteiger partial charge in [-0.2, -0.15) is 0 Å². The minimum atomic E-state index is -3.88. The molecule has 0 atom stereocenters. The van der Waals surface area contributed by atoms with E-state index in [0.717, 1.165) is 0 Å². The van der Waals surface area contributed by atoms with Crippen LogP contribution in [0.25, 0.3) is 0 Å². The van der Waals surface area contributed by atoms with Gasteiger partial charge >= 0.3 is 0 Å². The summed E-state index contributed by atoms with van der Waals surface area (Å²) >= 11 is 9.48. The van der Waals surface area contributed by atoms with Gasteiger partial charge in [-0.15, -0.1) is 0 Å². The van der Waals surface area contributed by atoms with E-state index in [0.29, 0.717) is 13.4 Å². The molecule has 0 amide bonds. The Labute approximate surface area is 141 Å². The third kappa shape index (κ3) is 3.60. The van der Waals surface area contributed by atoms with E-state index in [4.69, 9.17) is 0 Å². The molecule has 0 aliphatic rings. The van der Waals surface area contributed by atoms with Crippen molar-refractivity contribution in [3.05, 3.63) is 55.6 Å². The fraction of sp³-hybridized carbons (Fsp3) is 0. The molecule has 0 heterocycles. The molecule has 0 fully saturated rings. The SMILES string of the molecule is O=S(=O)(Nc1ccc(Br)cc1F)c1cc(Br)ccc1Br. The largest absolute Gasteiger partial charge is 0.277 e. The van der Waals surface area contributed by atoms with E-state index in [2.05, 4.69) is 52.5 Å². The highest BCUT2D eigenvalue weighted by Crippen LogP contribution is 2.28. The third-order valence-corrected chi connectivity index (χ3v) is 5.70. The van der Waals surface area contributed by atoms with Gasteiger partial charge in [-0.3, -0.25) is 4.72 Å². The molecule has 0 aliphatic carbocycles. The van der Waals surface area contributed by atoms with Crippen LogP contribution in [0.4, 0.5) is 10.1 Å². The summed E-state index contributed by atoms with van der Waals surface area (Å²) in [6.07, 6.45) is 0. The Kier molecular flexibility index (Phi) is 4.88. The number of rotatable bonds is 3. The second-order valence-electron chi connectivity index (χ2n) is 3.80. The van der Waals surface area contributed by atoms with E-state index in [1.165, 1.54) is 18.2 Å². The molecule has 20 heavy (non-hydrogen) atoms. The van der Waals surface area contributed by atoms with Crippen LogP contribution in [0, 0.1) is 5.82 Å². The van der Waals surface area contributed by atoms with Crippen LogP contribution in [0.3, 0.4) is 0 Å². The summed E-state index contributed by atoms with van der Waals surface area (Å²) in [5, 5.41) is 0. The summed E-state index contributed by atoms with van der Waals surface area (Å²) in [7, 11) is -3.88. The fourth-order valence-corrected chi connectivity index (χ4v) is 4.36. The van der Waals surface area contributed by atoms with E-state index in [-0.39, 0.29) is 10.6 Å². The summed E-state index contributed by atoms with van der Waals surface area (Å²) in [4.78, 5) is 0.0224. The average Bonchev–Trinajstić information content (AvgIpc) is 2.35. The minimum Gasteiger partial charge on any atom is -0.277 e. The first kappa shape index (κ1) is 15.9. The van der Waals surface area contributed by atoms with Gasteiger partial charge in [0.05, 0.1) is 5.69 Å². The Morgan fingerprint density at radius 1 is 0.950 bits per heavy atom. The van der Waals surface area contributed by atoms with Crippen molar-refractivity contribution in [1.29, 1.82) is 0 Å². The summed E-state index contributed by atoms with van der Waals surface area (Å²) in [5.74, 6) is -0.658. The molecular formula is C12H7Br3FNO2S. The van der Waals surface area contributed by atoms with Gasteiger partial charge < -0.3 is 0 Å². The maximum absolute atomic E-state index is 13.7. The van der Waals surface area contributed by atoms with Gasteiger partial charge in [-0.25, -0.2) is 12.8 Å². The monoisotopic (exact) mass is 485 g/mol. The fourth-order valence-electron chi connectivity index (χ4n) is 1.46. The Morgan fingerprint density at radius 3 is 2.20 bits per heavy atom. The molecule has 0 spiro atoms. The number of hydrogen-bond donors (Lipinski definition) is 1. The van der Waals surface area contributed by atoms with E-state index in [9.17, 15) is 12.8 Å². The van der Waals surface area contributed by atoms with Gasteiger partial charge in [-0.05, 0) is 52.3 Å². The summed E-state index contributed by atoms with van der Waals surface area (Å²) in [6.45, 7) is 0. The molecule has 2 aromatic rings. The normalized spacial score (nSPS) is 11.4. The van der Waals surface area contributed by atoms with Crippen LogP contribution in [-0.4, -0.2) is 8.42 Å². The molecule has 2 aromatic carbocycles. The third-order valence-electron chi connectivity index (χ3n) is 2.36. The van der Waals surface area contributed by atoms with E-state index in [1.54, 1.807) is 18.2 Å². The van der Waals surface area contributed by atoms with Crippen molar-refractivity contribution in [3.63, 3.8) is 0 Å². The van der Waals surface area contributed by atoms with Crippen LogP contribution in [0.15, 0.2) is 54.7 Å². The molecule has 0 aromatic heterocycles. The zero-order valence-electron chi connectivity index (χ0n) is 9.70. The van der Waals surface area contributed by atoms with Crippen molar-refractivity contribution in [2.75, 3.05) is 4.72 Å². The molecule has 0 radical (unpaired) electrons. The lowest BCUT2D eigenvalue weighted by molar-refractivity contribution is 0.598. The van der Waals surface area contributed by atoms with Crippen molar-refractivity contribution in [2.24, 2.45) is 0 Å². The zero-order valence-corrected chi connectivity index (χ0v) is 15.3. The first-order valence-corrected chi connectivity index (χ1v) is 9.09. The van der Waals surface area contributed by atoms with E-state index >= 15 is 0 Å². The molecule has 106 valence electrons. The van der Waals surface area contributed by atoms with Gasteiger partial charge in [-0.1, -0.05) is 31.9 Å². The molecule has 0 bridgehead atoms. The van der Waals surface area contributed by atoms with E-state index < -0.39 is 15.8 Å². The first-order chi connectivity index (χ1) is 9.29. The van der Waals surface area contributed by atoms with Crippen molar-refractivity contribution < 1.29 is 12.8 Å². The average molecular weight is 488 g/mol.